The molecule has 0 amide bonds. The van der Waals surface area contributed by atoms with E-state index in [-0.39, 0.29) is 0 Å². The Morgan fingerprint density at radius 2 is 0.915 bits per heavy atom. The van der Waals surface area contributed by atoms with Gasteiger partial charge in [0.15, 0.2) is 18.6 Å². The lowest BCUT2D eigenvalue weighted by Gasteiger charge is -2.10. The largest absolute Gasteiger partial charge is 0.455 e. The minimum atomic E-state index is -2.11. The van der Waals surface area contributed by atoms with Crippen molar-refractivity contribution in [2.24, 2.45) is 21.1 Å². The van der Waals surface area contributed by atoms with Crippen LogP contribution in [0.25, 0.3) is 99.6 Å². The van der Waals surface area contributed by atoms with Gasteiger partial charge in [-0.25, -0.2) is 13.7 Å². The van der Waals surface area contributed by atoms with Gasteiger partial charge in [-0.1, -0.05) is 92.7 Å². The molecular weight excluding hydrogens is 871 g/mol. The molecule has 0 aliphatic heterocycles. The number of hydrogen-bond acceptors (Lipinski definition) is 3. The standard InChI is InChI=1S/C23H24NO.C22H22NO.C20H18NO/c1-14(2)17-10-11-24(5)19(13-17)22-16(4)12-15(3)21-18-8-6-7-9-20(18)25-23(21)22;1-13-11-18(23(5)12-16(13)4)21-15(3)10-14(2)20-17-8-6-7-9-19(17)24-22(20)21;1-13-8-11-17(21(3)12-13)19-14(2)9-10-16-15-6-4-5-7-18(15)22-20(16)19/h6-14H,1-5H3;6-12H,1-5H3;4-12H,1-3H3/q3*+1/i;;1D3. The van der Waals surface area contributed by atoms with Crippen LogP contribution in [0.5, 0.6) is 0 Å². The Labute approximate surface area is 421 Å². The summed E-state index contributed by atoms with van der Waals surface area (Å²) >= 11 is 0. The van der Waals surface area contributed by atoms with E-state index in [1.807, 2.05) is 61.0 Å². The molecule has 6 heterocycles. The fraction of sp³-hybridized carbons (Fsp3) is 0.215. The van der Waals surface area contributed by atoms with Crippen molar-refractivity contribution < 1.29 is 31.1 Å². The highest BCUT2D eigenvalue weighted by molar-refractivity contribution is 6.13. The number of hydrogen-bond donors (Lipinski definition) is 0. The van der Waals surface area contributed by atoms with Crippen LogP contribution in [0.3, 0.4) is 0 Å². The summed E-state index contributed by atoms with van der Waals surface area (Å²) in [6, 6.07) is 43.6. The molecule has 71 heavy (non-hydrogen) atoms. The van der Waals surface area contributed by atoms with E-state index < -0.39 is 6.85 Å². The molecule has 6 heteroatoms. The quantitative estimate of drug-likeness (QED) is 0.165. The van der Waals surface area contributed by atoms with E-state index in [1.54, 1.807) is 12.3 Å². The van der Waals surface area contributed by atoms with Gasteiger partial charge < -0.3 is 13.3 Å². The van der Waals surface area contributed by atoms with Gasteiger partial charge in [0.05, 0.1) is 16.7 Å². The van der Waals surface area contributed by atoms with Crippen molar-refractivity contribution in [2.75, 3.05) is 0 Å². The number of fused-ring (bicyclic) bond motifs is 9. The highest BCUT2D eigenvalue weighted by Gasteiger charge is 2.25. The van der Waals surface area contributed by atoms with Crippen molar-refractivity contribution in [1.82, 2.24) is 0 Å². The first-order chi connectivity index (χ1) is 35.3. The first kappa shape index (κ1) is 43.2. The average molecular weight is 938 g/mol. The molecule has 6 aromatic carbocycles. The monoisotopic (exact) mass is 938 g/mol. The van der Waals surface area contributed by atoms with Crippen LogP contribution in [-0.2, 0) is 21.1 Å². The fourth-order valence-corrected chi connectivity index (χ4v) is 10.6. The van der Waals surface area contributed by atoms with Crippen molar-refractivity contribution in [3.8, 4) is 33.8 Å². The predicted molar refractivity (Wildman–Crippen MR) is 293 cm³/mol. The molecule has 0 saturated carbocycles. The van der Waals surface area contributed by atoms with Crippen molar-refractivity contribution in [3.63, 3.8) is 0 Å². The fourth-order valence-electron chi connectivity index (χ4n) is 10.6. The normalized spacial score (nSPS) is 12.4. The number of para-hydroxylation sites is 3. The summed E-state index contributed by atoms with van der Waals surface area (Å²) in [7, 11) is 6.08. The topological polar surface area (TPSA) is 51.1 Å². The van der Waals surface area contributed by atoms with Crippen LogP contribution in [-0.4, -0.2) is 0 Å². The zero-order valence-corrected chi connectivity index (χ0v) is 43.0. The van der Waals surface area contributed by atoms with E-state index in [9.17, 15) is 0 Å². The van der Waals surface area contributed by atoms with Gasteiger partial charge in [-0.05, 0) is 124 Å². The molecule has 0 N–H and O–H groups in total. The molecule has 0 atom stereocenters. The summed E-state index contributed by atoms with van der Waals surface area (Å²) in [5, 5.41) is 6.99. The summed E-state index contributed by atoms with van der Waals surface area (Å²) in [6.07, 6.45) is 6.01. The molecule has 6 aromatic heterocycles. The second-order valence-electron chi connectivity index (χ2n) is 19.8. The Morgan fingerprint density at radius 1 is 0.408 bits per heavy atom. The predicted octanol–water partition coefficient (Wildman–Crippen LogP) is 15.8. The van der Waals surface area contributed by atoms with Crippen molar-refractivity contribution in [1.29, 1.82) is 0 Å². The summed E-state index contributed by atoms with van der Waals surface area (Å²) in [4.78, 5) is 0. The van der Waals surface area contributed by atoms with Crippen LogP contribution in [0.15, 0.2) is 159 Å². The van der Waals surface area contributed by atoms with Crippen molar-refractivity contribution >= 4 is 65.8 Å². The van der Waals surface area contributed by atoms with E-state index in [1.165, 1.54) is 83.0 Å². The maximum atomic E-state index is 7.59. The summed E-state index contributed by atoms with van der Waals surface area (Å²) in [5.41, 5.74) is 22.7. The summed E-state index contributed by atoms with van der Waals surface area (Å²) in [6.45, 7) is 17.4. The van der Waals surface area contributed by atoms with Gasteiger partial charge in [0.2, 0.25) is 17.1 Å². The molecule has 0 aliphatic carbocycles. The molecule has 6 nitrogen and oxygen atoms in total. The van der Waals surface area contributed by atoms with Crippen LogP contribution in [0.4, 0.5) is 0 Å². The number of nitrogens with zero attached hydrogens (tertiary/aromatic N) is 3. The zero-order valence-electron chi connectivity index (χ0n) is 46.0. The number of benzene rings is 6. The Hall–Kier alpha value is -7.83. The summed E-state index contributed by atoms with van der Waals surface area (Å²) in [5.74, 6) is 0.497. The lowest BCUT2D eigenvalue weighted by atomic mass is 9.95. The number of aryl methyl sites for hydroxylation is 11. The molecular formula is C65H64N3O3+3. The number of furan rings is 3. The maximum Gasteiger partial charge on any atom is 0.216 e. The van der Waals surface area contributed by atoms with Gasteiger partial charge in [-0.3, -0.25) is 0 Å². The molecule has 354 valence electrons. The van der Waals surface area contributed by atoms with Gasteiger partial charge in [-0.15, -0.1) is 0 Å². The van der Waals surface area contributed by atoms with E-state index in [0.717, 1.165) is 61.1 Å². The number of pyridine rings is 3. The molecule has 0 radical (unpaired) electrons. The van der Waals surface area contributed by atoms with Crippen LogP contribution in [0.2, 0.25) is 0 Å². The van der Waals surface area contributed by atoms with Gasteiger partial charge in [0, 0.05) is 71.8 Å². The van der Waals surface area contributed by atoms with Crippen LogP contribution < -0.4 is 13.7 Å². The van der Waals surface area contributed by atoms with E-state index >= 15 is 0 Å². The van der Waals surface area contributed by atoms with E-state index in [4.69, 9.17) is 17.4 Å². The Morgan fingerprint density at radius 3 is 1.48 bits per heavy atom. The van der Waals surface area contributed by atoms with E-state index in [2.05, 4.69) is 170 Å². The molecule has 0 saturated heterocycles. The van der Waals surface area contributed by atoms with Crippen LogP contribution in [0.1, 0.15) is 73.9 Å². The highest BCUT2D eigenvalue weighted by Crippen LogP contribution is 2.41. The average Bonchev–Trinajstić information content (AvgIpc) is 4.06. The molecule has 0 fully saturated rings. The van der Waals surface area contributed by atoms with Crippen molar-refractivity contribution in [2.45, 2.75) is 75.1 Å². The Bertz CT molecular complexity index is 4170. The van der Waals surface area contributed by atoms with Gasteiger partial charge in [0.1, 0.15) is 54.6 Å². The first-order valence-corrected chi connectivity index (χ1v) is 24.5. The minimum Gasteiger partial charge on any atom is -0.455 e. The highest BCUT2D eigenvalue weighted by atomic mass is 16.3. The molecule has 0 unspecified atom stereocenters. The second kappa shape index (κ2) is 18.5. The number of aromatic nitrogens is 3. The Kier molecular flexibility index (Phi) is 11.3. The third-order valence-corrected chi connectivity index (χ3v) is 14.3. The second-order valence-corrected chi connectivity index (χ2v) is 19.8. The molecule has 12 rings (SSSR count). The van der Waals surface area contributed by atoms with E-state index in [0.29, 0.717) is 11.5 Å². The van der Waals surface area contributed by atoms with Gasteiger partial charge in [-0.2, -0.15) is 0 Å². The molecule has 0 aliphatic rings. The zero-order chi connectivity index (χ0) is 52.5. The third-order valence-electron chi connectivity index (χ3n) is 14.3. The van der Waals surface area contributed by atoms with Gasteiger partial charge >= 0.3 is 0 Å². The first-order valence-electron chi connectivity index (χ1n) is 26.0. The van der Waals surface area contributed by atoms with Gasteiger partial charge in [0.25, 0.3) is 0 Å². The Balaban J connectivity index is 0.000000127. The SMILES string of the molecule is Cc1cc(-c2c(C)cc(C)c3c2oc2ccccc23)[n+](C)cc1C.Cc1cc(C)c2c(oc3ccccc32)c1-c1cc(C(C)C)cc[n+]1C.[2H]C([2H])([2H])c1ccc(-c2c(C)ccc3c2oc2ccccc23)[n+](C)c1. The third kappa shape index (κ3) is 8.35. The minimum absolute atomic E-state index is 0.327. The molecule has 12 aromatic rings. The maximum absolute atomic E-state index is 7.59. The molecule has 0 bridgehead atoms. The summed E-state index contributed by atoms with van der Waals surface area (Å²) < 4.78 is 47.8. The van der Waals surface area contributed by atoms with Crippen molar-refractivity contribution in [3.05, 3.63) is 196 Å². The lowest BCUT2D eigenvalue weighted by molar-refractivity contribution is -0.660. The lowest BCUT2D eigenvalue weighted by Crippen LogP contribution is -2.31. The number of rotatable bonds is 4. The van der Waals surface area contributed by atoms with Crippen LogP contribution in [0, 0.1) is 55.3 Å². The smallest absolute Gasteiger partial charge is 0.216 e. The van der Waals surface area contributed by atoms with Crippen LogP contribution >= 0.6 is 0 Å². The molecule has 0 spiro atoms.